The first-order valence-corrected chi connectivity index (χ1v) is 8.61. The molecule has 0 saturated carbocycles. The number of nitrogens with one attached hydrogen (secondary N) is 2. The van der Waals surface area contributed by atoms with E-state index in [4.69, 9.17) is 4.74 Å². The number of carbonyl (C=O) groups is 1. The van der Waals surface area contributed by atoms with Crippen LogP contribution in [-0.2, 0) is 11.3 Å². The molecule has 1 saturated heterocycles. The standard InChI is InChI=1S/C18H28N2O3/c1-3-4-10-19-18(22)14-8-11-20(12-9-14)13-15-6-5-7-16(23-2)17(15)21/h5-7,14,21H,3-4,8-13H2,1-2H3,(H,19,22)/p+1. The minimum atomic E-state index is 0.148. The number of carbonyl (C=O) groups excluding carboxylic acids is 1. The first-order valence-electron chi connectivity index (χ1n) is 8.61. The Kier molecular flexibility index (Phi) is 6.71. The number of phenols is 1. The zero-order valence-electron chi connectivity index (χ0n) is 14.2. The molecule has 1 heterocycles. The molecule has 5 heteroatoms. The summed E-state index contributed by atoms with van der Waals surface area (Å²) in [5.74, 6) is 1.12. The smallest absolute Gasteiger partial charge is 0.223 e. The number of hydrogen-bond acceptors (Lipinski definition) is 3. The van der Waals surface area contributed by atoms with Crippen molar-refractivity contribution in [1.82, 2.24) is 5.32 Å². The van der Waals surface area contributed by atoms with E-state index in [1.165, 1.54) is 4.90 Å². The van der Waals surface area contributed by atoms with Crippen molar-refractivity contribution in [3.8, 4) is 11.5 Å². The number of benzene rings is 1. The van der Waals surface area contributed by atoms with Crippen molar-refractivity contribution in [2.45, 2.75) is 39.2 Å². The predicted octanol–water partition coefficient (Wildman–Crippen LogP) is 1.11. The Balaban J connectivity index is 1.82. The van der Waals surface area contributed by atoms with Crippen molar-refractivity contribution >= 4 is 5.91 Å². The minimum Gasteiger partial charge on any atom is -0.504 e. The van der Waals surface area contributed by atoms with Gasteiger partial charge in [-0.05, 0) is 18.6 Å². The quantitative estimate of drug-likeness (QED) is 0.659. The summed E-state index contributed by atoms with van der Waals surface area (Å²) in [6.45, 7) is 5.61. The molecular formula is C18H29N2O3+. The molecule has 23 heavy (non-hydrogen) atoms. The summed E-state index contributed by atoms with van der Waals surface area (Å²) in [4.78, 5) is 13.5. The number of unbranched alkanes of at least 4 members (excludes halogenated alkanes) is 1. The van der Waals surface area contributed by atoms with E-state index >= 15 is 0 Å². The fourth-order valence-electron chi connectivity index (χ4n) is 3.14. The number of phenolic OH excluding ortho intramolecular Hbond substituents is 1. The number of methoxy groups -OCH3 is 1. The Hall–Kier alpha value is -1.75. The highest BCUT2D eigenvalue weighted by Crippen LogP contribution is 2.28. The first-order chi connectivity index (χ1) is 11.2. The van der Waals surface area contributed by atoms with E-state index in [0.717, 1.165) is 57.4 Å². The molecule has 128 valence electrons. The third-order valence-electron chi connectivity index (χ3n) is 4.64. The number of hydrogen-bond donors (Lipinski definition) is 3. The number of amides is 1. The van der Waals surface area contributed by atoms with Gasteiger partial charge in [0, 0.05) is 25.3 Å². The fourth-order valence-corrected chi connectivity index (χ4v) is 3.14. The summed E-state index contributed by atoms with van der Waals surface area (Å²) in [5, 5.41) is 13.2. The lowest BCUT2D eigenvalue weighted by Crippen LogP contribution is -3.11. The number of ether oxygens (including phenoxy) is 1. The van der Waals surface area contributed by atoms with E-state index in [0.29, 0.717) is 5.75 Å². The average Bonchev–Trinajstić information content (AvgIpc) is 2.57. The maximum absolute atomic E-state index is 12.1. The van der Waals surface area contributed by atoms with Crippen LogP contribution in [0.2, 0.25) is 0 Å². The molecule has 0 spiro atoms. The molecule has 3 N–H and O–H groups in total. The largest absolute Gasteiger partial charge is 0.504 e. The highest BCUT2D eigenvalue weighted by atomic mass is 16.5. The summed E-state index contributed by atoms with van der Waals surface area (Å²) in [6, 6.07) is 5.61. The molecule has 0 radical (unpaired) electrons. The maximum Gasteiger partial charge on any atom is 0.223 e. The van der Waals surface area contributed by atoms with Crippen LogP contribution in [0.4, 0.5) is 0 Å². The Morgan fingerprint density at radius 3 is 2.78 bits per heavy atom. The van der Waals surface area contributed by atoms with Gasteiger partial charge in [0.25, 0.3) is 0 Å². The van der Waals surface area contributed by atoms with Gasteiger partial charge in [0.05, 0.1) is 25.8 Å². The number of piperidine rings is 1. The van der Waals surface area contributed by atoms with Crippen molar-refractivity contribution in [2.24, 2.45) is 5.92 Å². The van der Waals surface area contributed by atoms with Gasteiger partial charge >= 0.3 is 0 Å². The molecule has 0 aliphatic carbocycles. The number of quaternary nitrogens is 1. The molecule has 0 unspecified atom stereocenters. The van der Waals surface area contributed by atoms with Crippen molar-refractivity contribution in [3.05, 3.63) is 23.8 Å². The van der Waals surface area contributed by atoms with Crippen LogP contribution >= 0.6 is 0 Å². The Labute approximate surface area is 138 Å². The van der Waals surface area contributed by atoms with Crippen LogP contribution in [0.3, 0.4) is 0 Å². The molecule has 1 aromatic carbocycles. The van der Waals surface area contributed by atoms with E-state index in [-0.39, 0.29) is 17.6 Å². The lowest BCUT2D eigenvalue weighted by Gasteiger charge is -2.29. The molecule has 0 bridgehead atoms. The summed E-state index contributed by atoms with van der Waals surface area (Å²) in [7, 11) is 1.56. The molecule has 1 aliphatic rings. The van der Waals surface area contributed by atoms with E-state index in [9.17, 15) is 9.90 Å². The van der Waals surface area contributed by atoms with Gasteiger partial charge in [-0.15, -0.1) is 0 Å². The van der Waals surface area contributed by atoms with Crippen LogP contribution in [0.1, 0.15) is 38.2 Å². The first kappa shape index (κ1) is 17.6. The second-order valence-electron chi connectivity index (χ2n) is 6.31. The Morgan fingerprint density at radius 2 is 2.13 bits per heavy atom. The van der Waals surface area contributed by atoms with Crippen LogP contribution in [-0.4, -0.2) is 37.8 Å². The summed E-state index contributed by atoms with van der Waals surface area (Å²) >= 11 is 0. The lowest BCUT2D eigenvalue weighted by molar-refractivity contribution is -0.919. The maximum atomic E-state index is 12.1. The normalized spacial score (nSPS) is 21.0. The van der Waals surface area contributed by atoms with Gasteiger partial charge in [-0.2, -0.15) is 0 Å². The molecule has 1 fully saturated rings. The van der Waals surface area contributed by atoms with Crippen LogP contribution < -0.4 is 15.0 Å². The fraction of sp³-hybridized carbons (Fsp3) is 0.611. The monoisotopic (exact) mass is 321 g/mol. The molecule has 5 nitrogen and oxygen atoms in total. The summed E-state index contributed by atoms with van der Waals surface area (Å²) in [6.07, 6.45) is 3.98. The van der Waals surface area contributed by atoms with Gasteiger partial charge in [0.2, 0.25) is 5.91 Å². The number of aromatic hydroxyl groups is 1. The van der Waals surface area contributed by atoms with Crippen molar-refractivity contribution in [3.63, 3.8) is 0 Å². The Morgan fingerprint density at radius 1 is 1.39 bits per heavy atom. The molecular weight excluding hydrogens is 292 g/mol. The molecule has 0 aromatic heterocycles. The van der Waals surface area contributed by atoms with Gasteiger partial charge in [-0.1, -0.05) is 19.4 Å². The molecule has 1 aromatic rings. The summed E-state index contributed by atoms with van der Waals surface area (Å²) in [5.41, 5.74) is 0.908. The van der Waals surface area contributed by atoms with Crippen LogP contribution in [0.15, 0.2) is 18.2 Å². The summed E-state index contributed by atoms with van der Waals surface area (Å²) < 4.78 is 5.16. The highest BCUT2D eigenvalue weighted by molar-refractivity contribution is 5.78. The molecule has 0 atom stereocenters. The third-order valence-corrected chi connectivity index (χ3v) is 4.64. The van der Waals surface area contributed by atoms with Gasteiger partial charge in [0.1, 0.15) is 6.54 Å². The third kappa shape index (κ3) is 4.86. The van der Waals surface area contributed by atoms with Crippen LogP contribution in [0.5, 0.6) is 11.5 Å². The van der Waals surface area contributed by atoms with Crippen molar-refractivity contribution in [2.75, 3.05) is 26.7 Å². The lowest BCUT2D eigenvalue weighted by atomic mass is 9.95. The van der Waals surface area contributed by atoms with Crippen molar-refractivity contribution < 1.29 is 19.5 Å². The highest BCUT2D eigenvalue weighted by Gasteiger charge is 2.27. The van der Waals surface area contributed by atoms with E-state index in [2.05, 4.69) is 12.2 Å². The Bertz CT molecular complexity index is 511. The zero-order chi connectivity index (χ0) is 16.7. The van der Waals surface area contributed by atoms with Gasteiger partial charge in [-0.25, -0.2) is 0 Å². The predicted molar refractivity (Wildman–Crippen MR) is 89.7 cm³/mol. The topological polar surface area (TPSA) is 63.0 Å². The van der Waals surface area contributed by atoms with Crippen LogP contribution in [0.25, 0.3) is 0 Å². The van der Waals surface area contributed by atoms with Gasteiger partial charge < -0.3 is 20.1 Å². The zero-order valence-corrected chi connectivity index (χ0v) is 14.2. The van der Waals surface area contributed by atoms with Crippen molar-refractivity contribution in [1.29, 1.82) is 0 Å². The average molecular weight is 321 g/mol. The second kappa shape index (κ2) is 8.77. The van der Waals surface area contributed by atoms with E-state index in [1.54, 1.807) is 13.2 Å². The second-order valence-corrected chi connectivity index (χ2v) is 6.31. The minimum absolute atomic E-state index is 0.148. The SMILES string of the molecule is CCCCNC(=O)C1CC[NH+](Cc2cccc(OC)c2O)CC1. The molecule has 1 aliphatic heterocycles. The molecule has 2 rings (SSSR count). The number of likely N-dealkylation sites (tertiary alicyclic amines) is 1. The van der Waals surface area contributed by atoms with Crippen LogP contribution in [0, 0.1) is 5.92 Å². The van der Waals surface area contributed by atoms with E-state index in [1.807, 2.05) is 12.1 Å². The van der Waals surface area contributed by atoms with E-state index < -0.39 is 0 Å². The van der Waals surface area contributed by atoms with Gasteiger partial charge in [-0.3, -0.25) is 4.79 Å². The molecule has 1 amide bonds. The number of para-hydroxylation sites is 1. The van der Waals surface area contributed by atoms with Gasteiger partial charge in [0.15, 0.2) is 11.5 Å². The number of rotatable bonds is 7.